The Labute approximate surface area is 181 Å². The van der Waals surface area contributed by atoms with Crippen molar-refractivity contribution in [3.63, 3.8) is 0 Å². The normalized spacial score (nSPS) is 15.2. The van der Waals surface area contributed by atoms with Crippen LogP contribution >= 0.6 is 24.0 Å². The number of hydrogen-bond acceptors (Lipinski definition) is 6. The molecule has 0 spiro atoms. The molecule has 2 heterocycles. The van der Waals surface area contributed by atoms with Crippen molar-refractivity contribution in [1.82, 2.24) is 9.88 Å². The third-order valence-electron chi connectivity index (χ3n) is 4.03. The number of ether oxygens (including phenoxy) is 1. The number of benzene rings is 1. The van der Waals surface area contributed by atoms with Crippen molar-refractivity contribution in [3.05, 3.63) is 59.3 Å². The molecule has 2 amide bonds. The number of nitrogens with one attached hydrogen (secondary N) is 1. The Hall–Kier alpha value is -2.85. The number of anilines is 1. The summed E-state index contributed by atoms with van der Waals surface area (Å²) >= 11 is 6.35. The first-order valence-electron chi connectivity index (χ1n) is 8.93. The number of halogens is 2. The van der Waals surface area contributed by atoms with E-state index in [1.165, 1.54) is 17.0 Å². The first-order chi connectivity index (χ1) is 14.4. The second-order valence-corrected chi connectivity index (χ2v) is 7.82. The molecule has 3 rings (SSSR count). The van der Waals surface area contributed by atoms with Gasteiger partial charge in [0.25, 0.3) is 5.91 Å². The lowest BCUT2D eigenvalue weighted by atomic mass is 10.2. The van der Waals surface area contributed by atoms with E-state index in [-0.39, 0.29) is 30.5 Å². The number of rotatable bonds is 8. The van der Waals surface area contributed by atoms with Gasteiger partial charge in [-0.2, -0.15) is 8.78 Å². The van der Waals surface area contributed by atoms with Crippen LogP contribution in [0.25, 0.3) is 6.08 Å². The molecular weight excluding hydrogens is 432 g/mol. The quantitative estimate of drug-likeness (QED) is 0.479. The maximum absolute atomic E-state index is 12.7. The first kappa shape index (κ1) is 21.8. The molecule has 156 valence electrons. The van der Waals surface area contributed by atoms with Crippen molar-refractivity contribution in [2.24, 2.45) is 0 Å². The van der Waals surface area contributed by atoms with E-state index in [4.69, 9.17) is 12.2 Å². The first-order valence-corrected chi connectivity index (χ1v) is 10.2. The highest BCUT2D eigenvalue weighted by Crippen LogP contribution is 2.34. The SMILES string of the molecule is O=C(CCCN1C(=O)/C(=C\c2ccccc2OC(F)F)SC1=S)Nc1cccnc1. The predicted molar refractivity (Wildman–Crippen MR) is 115 cm³/mol. The fourth-order valence-electron chi connectivity index (χ4n) is 2.70. The molecule has 0 radical (unpaired) electrons. The molecule has 1 N–H and O–H groups in total. The Morgan fingerprint density at radius 1 is 1.30 bits per heavy atom. The smallest absolute Gasteiger partial charge is 0.387 e. The maximum Gasteiger partial charge on any atom is 0.387 e. The van der Waals surface area contributed by atoms with Crippen LogP contribution in [0.4, 0.5) is 14.5 Å². The fraction of sp³-hybridized carbons (Fsp3) is 0.200. The summed E-state index contributed by atoms with van der Waals surface area (Å²) in [7, 11) is 0. The van der Waals surface area contributed by atoms with E-state index in [2.05, 4.69) is 15.0 Å². The number of nitrogens with zero attached hydrogens (tertiary/aromatic N) is 2. The molecule has 1 aromatic carbocycles. The summed E-state index contributed by atoms with van der Waals surface area (Å²) in [6.45, 7) is -2.69. The van der Waals surface area contributed by atoms with Gasteiger partial charge in [0.1, 0.15) is 10.1 Å². The zero-order valence-electron chi connectivity index (χ0n) is 15.6. The van der Waals surface area contributed by atoms with Gasteiger partial charge in [-0.05, 0) is 30.7 Å². The van der Waals surface area contributed by atoms with Crippen molar-refractivity contribution >= 4 is 51.9 Å². The number of pyridine rings is 1. The maximum atomic E-state index is 12.7. The lowest BCUT2D eigenvalue weighted by Crippen LogP contribution is -2.29. The molecular formula is C20H17F2N3O3S2. The van der Waals surface area contributed by atoms with Crippen LogP contribution < -0.4 is 10.1 Å². The van der Waals surface area contributed by atoms with Crippen molar-refractivity contribution < 1.29 is 23.1 Å². The number of thioether (sulfide) groups is 1. The molecule has 1 aromatic heterocycles. The Kier molecular flexibility index (Phi) is 7.47. The number of thiocarbonyl (C=S) groups is 1. The molecule has 0 bridgehead atoms. The van der Waals surface area contributed by atoms with E-state index in [1.54, 1.807) is 42.7 Å². The minimum atomic E-state index is -2.97. The molecule has 1 saturated heterocycles. The van der Waals surface area contributed by atoms with E-state index in [0.717, 1.165) is 11.8 Å². The van der Waals surface area contributed by atoms with Crippen LogP contribution in [0.5, 0.6) is 5.75 Å². The van der Waals surface area contributed by atoms with E-state index < -0.39 is 6.61 Å². The van der Waals surface area contributed by atoms with Crippen LogP contribution in [0.3, 0.4) is 0 Å². The summed E-state index contributed by atoms with van der Waals surface area (Å²) in [5, 5.41) is 2.72. The minimum Gasteiger partial charge on any atom is -0.434 e. The van der Waals surface area contributed by atoms with Crippen molar-refractivity contribution in [3.8, 4) is 5.75 Å². The van der Waals surface area contributed by atoms with Gasteiger partial charge in [0.15, 0.2) is 0 Å². The number of amides is 2. The van der Waals surface area contributed by atoms with Gasteiger partial charge in [0, 0.05) is 24.7 Å². The lowest BCUT2D eigenvalue weighted by molar-refractivity contribution is -0.122. The second-order valence-electron chi connectivity index (χ2n) is 6.14. The Morgan fingerprint density at radius 3 is 2.83 bits per heavy atom. The van der Waals surface area contributed by atoms with Gasteiger partial charge >= 0.3 is 6.61 Å². The van der Waals surface area contributed by atoms with Gasteiger partial charge in [-0.25, -0.2) is 0 Å². The molecule has 0 aliphatic carbocycles. The monoisotopic (exact) mass is 449 g/mol. The fourth-order valence-corrected chi connectivity index (χ4v) is 3.99. The third kappa shape index (κ3) is 5.83. The second kappa shape index (κ2) is 10.3. The molecule has 10 heteroatoms. The number of hydrogen-bond donors (Lipinski definition) is 1. The summed E-state index contributed by atoms with van der Waals surface area (Å²) in [6.07, 6.45) is 5.25. The molecule has 0 unspecified atom stereocenters. The van der Waals surface area contributed by atoms with Crippen LogP contribution in [-0.2, 0) is 9.59 Å². The van der Waals surface area contributed by atoms with Gasteiger partial charge in [0.05, 0.1) is 16.8 Å². The number of para-hydroxylation sites is 1. The van der Waals surface area contributed by atoms with E-state index >= 15 is 0 Å². The summed E-state index contributed by atoms with van der Waals surface area (Å²) in [6, 6.07) is 9.65. The number of carbonyl (C=O) groups excluding carboxylic acids is 2. The van der Waals surface area contributed by atoms with Crippen molar-refractivity contribution in [1.29, 1.82) is 0 Å². The van der Waals surface area contributed by atoms with Crippen LogP contribution in [0.1, 0.15) is 18.4 Å². The van der Waals surface area contributed by atoms with Gasteiger partial charge in [-0.3, -0.25) is 19.5 Å². The van der Waals surface area contributed by atoms with Crippen molar-refractivity contribution in [2.45, 2.75) is 19.5 Å². The lowest BCUT2D eigenvalue weighted by Gasteiger charge is -2.14. The highest BCUT2D eigenvalue weighted by molar-refractivity contribution is 8.26. The Morgan fingerprint density at radius 2 is 2.10 bits per heavy atom. The molecule has 30 heavy (non-hydrogen) atoms. The average molecular weight is 450 g/mol. The highest BCUT2D eigenvalue weighted by atomic mass is 32.2. The molecule has 1 fully saturated rings. The van der Waals surface area contributed by atoms with Gasteiger partial charge in [0.2, 0.25) is 5.91 Å². The zero-order chi connectivity index (χ0) is 21.5. The van der Waals surface area contributed by atoms with Crippen LogP contribution in [-0.4, -0.2) is 39.2 Å². The molecule has 1 aliphatic rings. The van der Waals surface area contributed by atoms with Crippen molar-refractivity contribution in [2.75, 3.05) is 11.9 Å². The molecule has 0 atom stereocenters. The van der Waals surface area contributed by atoms with Gasteiger partial charge in [-0.1, -0.05) is 42.2 Å². The molecule has 2 aromatic rings. The third-order valence-corrected chi connectivity index (χ3v) is 5.40. The van der Waals surface area contributed by atoms with Gasteiger partial charge in [-0.15, -0.1) is 0 Å². The topological polar surface area (TPSA) is 71.5 Å². The average Bonchev–Trinajstić information content (AvgIpc) is 2.97. The van der Waals surface area contributed by atoms with E-state index in [1.807, 2.05) is 0 Å². The summed E-state index contributed by atoms with van der Waals surface area (Å²) in [5.41, 5.74) is 0.954. The Bertz CT molecular complexity index is 971. The summed E-state index contributed by atoms with van der Waals surface area (Å²) < 4.78 is 30.0. The zero-order valence-corrected chi connectivity index (χ0v) is 17.2. The molecule has 1 aliphatic heterocycles. The molecule has 0 saturated carbocycles. The largest absolute Gasteiger partial charge is 0.434 e. The van der Waals surface area contributed by atoms with Crippen LogP contribution in [0, 0.1) is 0 Å². The van der Waals surface area contributed by atoms with E-state index in [0.29, 0.717) is 26.9 Å². The minimum absolute atomic E-state index is 0.0233. The van der Waals surface area contributed by atoms with E-state index in [9.17, 15) is 18.4 Å². The highest BCUT2D eigenvalue weighted by Gasteiger charge is 2.32. The number of alkyl halides is 2. The number of carbonyl (C=O) groups is 2. The van der Waals surface area contributed by atoms with Crippen LogP contribution in [0.15, 0.2) is 53.7 Å². The standard InChI is InChI=1S/C20H17F2N3O3S2/c21-19(22)28-15-7-2-1-5-13(15)11-16-18(27)25(20(29)30-16)10-4-8-17(26)24-14-6-3-9-23-12-14/h1-3,5-7,9,11-12,19H,4,8,10H2,(H,24,26)/b16-11+. The predicted octanol–water partition coefficient (Wildman–Crippen LogP) is 4.30. The van der Waals surface area contributed by atoms with Gasteiger partial charge < -0.3 is 10.1 Å². The molecule has 6 nitrogen and oxygen atoms in total. The Balaban J connectivity index is 1.59. The number of aromatic nitrogens is 1. The van der Waals surface area contributed by atoms with Crippen LogP contribution in [0.2, 0.25) is 0 Å². The summed E-state index contributed by atoms with van der Waals surface area (Å²) in [5.74, 6) is -0.545. The summed E-state index contributed by atoms with van der Waals surface area (Å²) in [4.78, 5) is 30.3.